The summed E-state index contributed by atoms with van der Waals surface area (Å²) in [5, 5.41) is 0. The minimum Gasteiger partial charge on any atom is -0.466 e. The third kappa shape index (κ3) is 18.7. The summed E-state index contributed by atoms with van der Waals surface area (Å²) in [7, 11) is 0. The van der Waals surface area contributed by atoms with Crippen molar-refractivity contribution in [2.75, 3.05) is 19.7 Å². The zero-order valence-electron chi connectivity index (χ0n) is 19.8. The third-order valence-corrected chi connectivity index (χ3v) is 5.45. The molecule has 0 aromatic carbocycles. The molecule has 0 aromatic heterocycles. The molecule has 0 aliphatic rings. The first kappa shape index (κ1) is 27.9. The molecule has 172 valence electrons. The molecule has 1 amide bonds. The van der Waals surface area contributed by atoms with E-state index in [0.29, 0.717) is 19.4 Å². The molecule has 0 aliphatic carbocycles. The number of esters is 1. The van der Waals surface area contributed by atoms with Crippen LogP contribution in [-0.2, 0) is 14.3 Å². The van der Waals surface area contributed by atoms with Crippen LogP contribution in [0.2, 0.25) is 0 Å². The van der Waals surface area contributed by atoms with E-state index in [9.17, 15) is 9.59 Å². The van der Waals surface area contributed by atoms with Gasteiger partial charge in [0.05, 0.1) is 6.61 Å². The third-order valence-electron chi connectivity index (χ3n) is 5.45. The first-order valence-corrected chi connectivity index (χ1v) is 12.6. The monoisotopic (exact) mass is 411 g/mol. The van der Waals surface area contributed by atoms with Gasteiger partial charge >= 0.3 is 5.97 Å². The molecule has 0 unspecified atom stereocenters. The highest BCUT2D eigenvalue weighted by Gasteiger charge is 2.13. The lowest BCUT2D eigenvalue weighted by atomic mass is 10.1. The number of carbonyl (C=O) groups excluding carboxylic acids is 2. The first-order valence-electron chi connectivity index (χ1n) is 12.6. The molecule has 0 N–H and O–H groups in total. The topological polar surface area (TPSA) is 46.6 Å². The number of carbonyl (C=O) groups is 2. The Labute approximate surface area is 181 Å². The zero-order valence-corrected chi connectivity index (χ0v) is 19.8. The largest absolute Gasteiger partial charge is 0.466 e. The fraction of sp³-hybridized carbons (Fsp3) is 0.920. The van der Waals surface area contributed by atoms with Gasteiger partial charge in [-0.15, -0.1) is 0 Å². The van der Waals surface area contributed by atoms with Gasteiger partial charge in [0.25, 0.3) is 0 Å². The van der Waals surface area contributed by atoms with Crippen molar-refractivity contribution < 1.29 is 14.3 Å². The summed E-state index contributed by atoms with van der Waals surface area (Å²) in [4.78, 5) is 26.5. The fourth-order valence-corrected chi connectivity index (χ4v) is 3.49. The number of unbranched alkanes of at least 4 members (excludes halogenated alkanes) is 11. The van der Waals surface area contributed by atoms with Crippen LogP contribution in [0.3, 0.4) is 0 Å². The first-order chi connectivity index (χ1) is 14.2. The number of ether oxygens (including phenoxy) is 1. The van der Waals surface area contributed by atoms with Gasteiger partial charge in [0, 0.05) is 25.9 Å². The summed E-state index contributed by atoms with van der Waals surface area (Å²) in [6.45, 7) is 8.96. The van der Waals surface area contributed by atoms with E-state index in [2.05, 4.69) is 25.7 Å². The van der Waals surface area contributed by atoms with Crippen molar-refractivity contribution in [2.24, 2.45) is 0 Å². The zero-order chi connectivity index (χ0) is 21.6. The standard InChI is InChI=1S/C25H49NO3/c1-4-7-10-13-18-23-29-25(28)20-15-14-19-24(27)26(21-16-11-8-5-2)22-17-12-9-6-3/h4-23H2,1-3H3. The Morgan fingerprint density at radius 1 is 0.586 bits per heavy atom. The molecule has 0 rings (SSSR count). The number of nitrogens with zero attached hydrogens (tertiary/aromatic N) is 1. The molecule has 4 nitrogen and oxygen atoms in total. The van der Waals surface area contributed by atoms with Crippen LogP contribution in [0.25, 0.3) is 0 Å². The second kappa shape index (κ2) is 21.6. The summed E-state index contributed by atoms with van der Waals surface area (Å²) in [6, 6.07) is 0. The molecule has 0 fully saturated rings. The van der Waals surface area contributed by atoms with E-state index in [-0.39, 0.29) is 11.9 Å². The van der Waals surface area contributed by atoms with Crippen molar-refractivity contribution >= 4 is 11.9 Å². The molecule has 29 heavy (non-hydrogen) atoms. The lowest BCUT2D eigenvalue weighted by Crippen LogP contribution is -2.32. The van der Waals surface area contributed by atoms with E-state index >= 15 is 0 Å². The summed E-state index contributed by atoms with van der Waals surface area (Å²) in [6.07, 6.45) is 17.9. The van der Waals surface area contributed by atoms with Gasteiger partial charge in [-0.05, 0) is 32.1 Å². The maximum atomic E-state index is 12.6. The minimum absolute atomic E-state index is 0.107. The molecule has 0 aromatic rings. The molecule has 0 aliphatic heterocycles. The van der Waals surface area contributed by atoms with Gasteiger partial charge in [-0.1, -0.05) is 85.0 Å². The highest BCUT2D eigenvalue weighted by Crippen LogP contribution is 2.10. The maximum Gasteiger partial charge on any atom is 0.305 e. The summed E-state index contributed by atoms with van der Waals surface area (Å²) < 4.78 is 5.29. The number of hydrogen-bond acceptors (Lipinski definition) is 3. The lowest BCUT2D eigenvalue weighted by molar-refractivity contribution is -0.144. The molecule has 0 bridgehead atoms. The van der Waals surface area contributed by atoms with Crippen LogP contribution < -0.4 is 0 Å². The fourth-order valence-electron chi connectivity index (χ4n) is 3.49. The quantitative estimate of drug-likeness (QED) is 0.150. The number of rotatable bonds is 21. The van der Waals surface area contributed by atoms with E-state index in [1.807, 2.05) is 0 Å². The van der Waals surface area contributed by atoms with Crippen LogP contribution in [-0.4, -0.2) is 36.5 Å². The van der Waals surface area contributed by atoms with E-state index in [0.717, 1.165) is 51.6 Å². The summed E-state index contributed by atoms with van der Waals surface area (Å²) in [5.74, 6) is 0.159. The Balaban J connectivity index is 3.94. The maximum absolute atomic E-state index is 12.6. The average Bonchev–Trinajstić information content (AvgIpc) is 2.72. The molecular weight excluding hydrogens is 362 g/mol. The Morgan fingerprint density at radius 2 is 1.07 bits per heavy atom. The molecule has 0 heterocycles. The SMILES string of the molecule is CCCCCCCOC(=O)CCCCC(=O)N(CCCCCC)CCCCCC. The number of hydrogen-bond donors (Lipinski definition) is 0. The van der Waals surface area contributed by atoms with Gasteiger partial charge in [0.2, 0.25) is 5.91 Å². The van der Waals surface area contributed by atoms with Crippen LogP contribution in [0.4, 0.5) is 0 Å². The average molecular weight is 412 g/mol. The second-order valence-electron chi connectivity index (χ2n) is 8.34. The van der Waals surface area contributed by atoms with Crippen molar-refractivity contribution in [1.82, 2.24) is 4.90 Å². The normalized spacial score (nSPS) is 10.9. The van der Waals surface area contributed by atoms with Crippen LogP contribution in [0.5, 0.6) is 0 Å². The highest BCUT2D eigenvalue weighted by molar-refractivity contribution is 5.76. The van der Waals surface area contributed by atoms with Crippen molar-refractivity contribution in [3.05, 3.63) is 0 Å². The van der Waals surface area contributed by atoms with Gasteiger partial charge in [0.15, 0.2) is 0 Å². The van der Waals surface area contributed by atoms with Crippen molar-refractivity contribution in [1.29, 1.82) is 0 Å². The minimum atomic E-state index is -0.107. The summed E-state index contributed by atoms with van der Waals surface area (Å²) in [5.41, 5.74) is 0. The van der Waals surface area contributed by atoms with E-state index in [4.69, 9.17) is 4.74 Å². The van der Waals surface area contributed by atoms with Gasteiger partial charge in [-0.2, -0.15) is 0 Å². The Kier molecular flexibility index (Phi) is 20.9. The van der Waals surface area contributed by atoms with Crippen molar-refractivity contribution in [3.8, 4) is 0 Å². The molecule has 0 atom stereocenters. The lowest BCUT2D eigenvalue weighted by Gasteiger charge is -2.23. The van der Waals surface area contributed by atoms with Crippen molar-refractivity contribution in [3.63, 3.8) is 0 Å². The van der Waals surface area contributed by atoms with E-state index in [1.165, 1.54) is 57.8 Å². The smallest absolute Gasteiger partial charge is 0.305 e. The summed E-state index contributed by atoms with van der Waals surface area (Å²) >= 11 is 0. The van der Waals surface area contributed by atoms with E-state index < -0.39 is 0 Å². The molecule has 0 radical (unpaired) electrons. The van der Waals surface area contributed by atoms with E-state index in [1.54, 1.807) is 0 Å². The predicted molar refractivity (Wildman–Crippen MR) is 123 cm³/mol. The van der Waals surface area contributed by atoms with Crippen LogP contribution in [0.1, 0.15) is 130 Å². The van der Waals surface area contributed by atoms with Gasteiger partial charge in [-0.3, -0.25) is 9.59 Å². The molecule has 0 spiro atoms. The van der Waals surface area contributed by atoms with Gasteiger partial charge in [0.1, 0.15) is 0 Å². The Bertz CT molecular complexity index is 372. The molecule has 4 heteroatoms. The number of amides is 1. The highest BCUT2D eigenvalue weighted by atomic mass is 16.5. The Morgan fingerprint density at radius 3 is 1.62 bits per heavy atom. The van der Waals surface area contributed by atoms with Gasteiger partial charge < -0.3 is 9.64 Å². The van der Waals surface area contributed by atoms with Crippen LogP contribution in [0, 0.1) is 0 Å². The molecule has 0 saturated carbocycles. The molecular formula is C25H49NO3. The van der Waals surface area contributed by atoms with Crippen molar-refractivity contribution in [2.45, 2.75) is 130 Å². The Hall–Kier alpha value is -1.06. The molecule has 0 saturated heterocycles. The second-order valence-corrected chi connectivity index (χ2v) is 8.34. The van der Waals surface area contributed by atoms with Gasteiger partial charge in [-0.25, -0.2) is 0 Å². The van der Waals surface area contributed by atoms with Crippen LogP contribution >= 0.6 is 0 Å². The predicted octanol–water partition coefficient (Wildman–Crippen LogP) is 7.05. The van der Waals surface area contributed by atoms with Crippen LogP contribution in [0.15, 0.2) is 0 Å².